The first-order valence-electron chi connectivity index (χ1n) is 16.2. The number of carbonyl (C=O) groups excluding carboxylic acids is 2. The molecule has 4 heterocycles. The zero-order chi connectivity index (χ0) is 36.1. The highest BCUT2D eigenvalue weighted by Crippen LogP contribution is 2.35. The van der Waals surface area contributed by atoms with Crippen LogP contribution in [-0.2, 0) is 15.9 Å². The van der Waals surface area contributed by atoms with Gasteiger partial charge in [-0.15, -0.1) is 0 Å². The minimum Gasteiger partial charge on any atom is -0.464 e. The summed E-state index contributed by atoms with van der Waals surface area (Å²) in [4.78, 5) is 32.6. The molecule has 4 aromatic heterocycles. The van der Waals surface area contributed by atoms with E-state index in [1.807, 2.05) is 36.4 Å². The van der Waals surface area contributed by atoms with Crippen LogP contribution in [0.25, 0.3) is 27.5 Å². The third-order valence-electron chi connectivity index (χ3n) is 8.20. The molecular formula is C35H34BBr2N7O6. The summed E-state index contributed by atoms with van der Waals surface area (Å²) in [5.74, 6) is 0.476. The number of ether oxygens (including phenoxy) is 2. The number of aromatic nitrogens is 6. The van der Waals surface area contributed by atoms with Crippen molar-refractivity contribution < 1.29 is 29.1 Å². The molecule has 2 fully saturated rings. The first-order chi connectivity index (χ1) is 24.7. The minimum atomic E-state index is -1.38. The number of nitrogens with one attached hydrogen (secondary N) is 2. The van der Waals surface area contributed by atoms with Gasteiger partial charge >= 0.3 is 19.1 Å². The third kappa shape index (κ3) is 8.82. The number of anilines is 1. The molecule has 0 radical (unpaired) electrons. The number of aromatic amines is 1. The number of esters is 2. The summed E-state index contributed by atoms with van der Waals surface area (Å²) >= 11 is 6.69. The zero-order valence-electron chi connectivity index (χ0n) is 27.7. The van der Waals surface area contributed by atoms with Crippen LogP contribution in [0.5, 0.6) is 0 Å². The summed E-state index contributed by atoms with van der Waals surface area (Å²) in [6.45, 7) is 0. The average molecular weight is 819 g/mol. The predicted octanol–water partition coefficient (Wildman–Crippen LogP) is 5.37. The monoisotopic (exact) mass is 817 g/mol. The fourth-order valence-corrected chi connectivity index (χ4v) is 6.14. The molecule has 0 spiro atoms. The Morgan fingerprint density at radius 2 is 1.59 bits per heavy atom. The number of carbonyl (C=O) groups is 2. The van der Waals surface area contributed by atoms with E-state index in [4.69, 9.17) is 19.5 Å². The maximum atomic E-state index is 12.3. The molecule has 0 unspecified atom stereocenters. The minimum absolute atomic E-state index is 0.277. The van der Waals surface area contributed by atoms with E-state index in [2.05, 4.69) is 62.4 Å². The summed E-state index contributed by atoms with van der Waals surface area (Å²) in [6, 6.07) is 18.8. The van der Waals surface area contributed by atoms with Crippen molar-refractivity contribution in [1.82, 2.24) is 29.9 Å². The number of methoxy groups -OCH3 is 2. The fraction of sp³-hybridized carbons (Fsp3) is 0.257. The molecule has 4 N–H and O–H groups in total. The van der Waals surface area contributed by atoms with Crippen molar-refractivity contribution >= 4 is 84.0 Å². The van der Waals surface area contributed by atoms with E-state index in [-0.39, 0.29) is 5.69 Å². The zero-order valence-corrected chi connectivity index (χ0v) is 30.9. The normalized spacial score (nSPS) is 13.5. The van der Waals surface area contributed by atoms with Crippen LogP contribution < -0.4 is 10.8 Å². The highest BCUT2D eigenvalue weighted by molar-refractivity contribution is 9.10. The van der Waals surface area contributed by atoms with Crippen molar-refractivity contribution in [3.8, 4) is 5.69 Å². The van der Waals surface area contributed by atoms with E-state index in [1.165, 1.54) is 27.1 Å². The molecule has 0 saturated heterocycles. The topological polar surface area (TPSA) is 177 Å². The molecule has 51 heavy (non-hydrogen) atoms. The van der Waals surface area contributed by atoms with Crippen LogP contribution in [-0.4, -0.2) is 79.3 Å². The maximum Gasteiger partial charge on any atom is 0.488 e. The summed E-state index contributed by atoms with van der Waals surface area (Å²) in [6.07, 6.45) is 9.10. The molecular weight excluding hydrogens is 785 g/mol. The van der Waals surface area contributed by atoms with Gasteiger partial charge in [-0.2, -0.15) is 10.2 Å². The van der Waals surface area contributed by atoms with E-state index in [0.29, 0.717) is 34.3 Å². The lowest BCUT2D eigenvalue weighted by atomic mass is 9.81. The third-order valence-corrected chi connectivity index (χ3v) is 9.19. The number of hydrogen-bond donors (Lipinski definition) is 4. The second-order valence-electron chi connectivity index (χ2n) is 12.0. The van der Waals surface area contributed by atoms with Gasteiger partial charge in [0.15, 0.2) is 11.4 Å². The largest absolute Gasteiger partial charge is 0.488 e. The Morgan fingerprint density at radius 1 is 0.902 bits per heavy atom. The van der Waals surface area contributed by atoms with Crippen LogP contribution in [0.2, 0.25) is 0 Å². The van der Waals surface area contributed by atoms with Gasteiger partial charge in [0.1, 0.15) is 5.82 Å². The van der Waals surface area contributed by atoms with Gasteiger partial charge in [-0.1, -0.05) is 50.1 Å². The average Bonchev–Trinajstić information content (AvgIpc) is 4.05. The number of H-pyrrole nitrogens is 1. The van der Waals surface area contributed by atoms with Crippen molar-refractivity contribution in [2.45, 2.75) is 38.1 Å². The Labute approximate surface area is 310 Å². The summed E-state index contributed by atoms with van der Waals surface area (Å²) in [5.41, 5.74) is 4.57. The molecule has 0 bridgehead atoms. The van der Waals surface area contributed by atoms with Gasteiger partial charge in [0.2, 0.25) is 0 Å². The lowest BCUT2D eigenvalue weighted by Gasteiger charge is -2.05. The molecule has 0 amide bonds. The van der Waals surface area contributed by atoms with Gasteiger partial charge in [0.05, 0.1) is 47.4 Å². The lowest BCUT2D eigenvalue weighted by molar-refractivity contribution is 0.0587. The molecule has 2 saturated carbocycles. The highest BCUT2D eigenvalue weighted by Gasteiger charge is 2.28. The van der Waals surface area contributed by atoms with Gasteiger partial charge in [0.25, 0.3) is 0 Å². The quantitative estimate of drug-likeness (QED) is 0.115. The number of rotatable bonds is 8. The molecule has 2 aliphatic carbocycles. The van der Waals surface area contributed by atoms with Crippen LogP contribution >= 0.6 is 31.9 Å². The van der Waals surface area contributed by atoms with E-state index in [0.717, 1.165) is 56.0 Å². The molecule has 2 aliphatic rings. The first kappa shape index (κ1) is 36.2. The Hall–Kier alpha value is -4.64. The molecule has 0 atom stereocenters. The van der Waals surface area contributed by atoms with Crippen molar-refractivity contribution in [3.05, 3.63) is 99.1 Å². The number of halogens is 2. The van der Waals surface area contributed by atoms with Crippen LogP contribution in [0.3, 0.4) is 0 Å². The van der Waals surface area contributed by atoms with Crippen LogP contribution in [0.1, 0.15) is 52.4 Å². The van der Waals surface area contributed by atoms with Crippen LogP contribution in [0.15, 0.2) is 82.0 Å². The summed E-state index contributed by atoms with van der Waals surface area (Å²) in [5, 5.41) is 33.5. The van der Waals surface area contributed by atoms with Crippen molar-refractivity contribution in [1.29, 1.82) is 0 Å². The number of benzene rings is 2. The Bertz CT molecular complexity index is 2190. The van der Waals surface area contributed by atoms with E-state index >= 15 is 0 Å². The van der Waals surface area contributed by atoms with Gasteiger partial charge in [-0.3, -0.25) is 10.1 Å². The lowest BCUT2D eigenvalue weighted by Crippen LogP contribution is -2.29. The first-order valence-corrected chi connectivity index (χ1v) is 17.8. The van der Waals surface area contributed by atoms with Crippen molar-refractivity contribution in [2.24, 2.45) is 5.92 Å². The highest BCUT2D eigenvalue weighted by atomic mass is 79.9. The van der Waals surface area contributed by atoms with Gasteiger partial charge in [0, 0.05) is 27.4 Å². The fourth-order valence-electron chi connectivity index (χ4n) is 5.34. The van der Waals surface area contributed by atoms with Crippen molar-refractivity contribution in [2.75, 3.05) is 19.5 Å². The Balaban J connectivity index is 0.000000144. The number of pyridine rings is 2. The second-order valence-corrected chi connectivity index (χ2v) is 13.9. The van der Waals surface area contributed by atoms with E-state index in [9.17, 15) is 9.59 Å². The molecule has 16 heteroatoms. The molecule has 8 rings (SSSR count). The van der Waals surface area contributed by atoms with Gasteiger partial charge in [-0.05, 0) is 85.9 Å². The van der Waals surface area contributed by atoms with E-state index < -0.39 is 19.1 Å². The Kier molecular flexibility index (Phi) is 11.4. The van der Waals surface area contributed by atoms with Crippen LogP contribution in [0, 0.1) is 5.92 Å². The number of fused-ring (bicyclic) bond motifs is 2. The second kappa shape index (κ2) is 16.1. The molecule has 262 valence electrons. The van der Waals surface area contributed by atoms with Gasteiger partial charge in [-0.25, -0.2) is 19.3 Å². The van der Waals surface area contributed by atoms with E-state index in [1.54, 1.807) is 41.3 Å². The predicted molar refractivity (Wildman–Crippen MR) is 200 cm³/mol. The van der Waals surface area contributed by atoms with Gasteiger partial charge < -0.3 is 24.8 Å². The van der Waals surface area contributed by atoms with Crippen LogP contribution in [0.4, 0.5) is 5.82 Å². The summed E-state index contributed by atoms with van der Waals surface area (Å²) < 4.78 is 13.2. The number of hydrogen-bond acceptors (Lipinski definition) is 11. The smallest absolute Gasteiger partial charge is 0.464 e. The SMILES string of the molecule is COC(=O)c1n[nH]c2ccnc(NC3CC3)c12.COC(=O)c1nn(-c2cccc(Br)c2)c2ccnc(CC3CC3)c12.OB(O)c1cccc(Br)c1. The Morgan fingerprint density at radius 3 is 2.22 bits per heavy atom. The standard InChI is InChI=1S/C18H16BrN3O2.C11H12N4O2.C6H6BBrO2/c1-24-18(23)17-16-14(9-11-5-6-11)20-8-7-15(16)22(21-17)13-4-2-3-12(19)10-13;1-17-11(16)9-8-7(14-15-9)4-5-12-10(8)13-6-2-3-6;8-6-3-1-2-5(4-6)7(9)10/h2-4,7-8,10-11H,5-6,9H2,1H3;4-6H,2-3H2,1H3,(H,12,13)(H,14,15);1-4,9-10H. The van der Waals surface area contributed by atoms with Crippen molar-refractivity contribution in [3.63, 3.8) is 0 Å². The molecule has 13 nitrogen and oxygen atoms in total. The number of nitrogens with zero attached hydrogens (tertiary/aromatic N) is 5. The molecule has 2 aromatic carbocycles. The summed E-state index contributed by atoms with van der Waals surface area (Å²) in [7, 11) is 1.34. The maximum absolute atomic E-state index is 12.3. The molecule has 6 aromatic rings. The molecule has 0 aliphatic heterocycles.